The molecular formula is C17H21N3O2. The molecule has 0 fully saturated rings. The number of benzene rings is 1. The van der Waals surface area contributed by atoms with Crippen LogP contribution in [0.15, 0.2) is 30.5 Å². The van der Waals surface area contributed by atoms with Gasteiger partial charge in [0.15, 0.2) is 0 Å². The lowest BCUT2D eigenvalue weighted by Crippen LogP contribution is -2.41. The lowest BCUT2D eigenvalue weighted by molar-refractivity contribution is 0.0922. The van der Waals surface area contributed by atoms with Gasteiger partial charge in [0.1, 0.15) is 5.82 Å². The van der Waals surface area contributed by atoms with Crippen LogP contribution in [-0.4, -0.2) is 28.6 Å². The molecule has 1 aromatic carbocycles. The van der Waals surface area contributed by atoms with Gasteiger partial charge < -0.3 is 14.6 Å². The van der Waals surface area contributed by atoms with E-state index in [0.717, 1.165) is 36.5 Å². The number of imidazole rings is 1. The predicted molar refractivity (Wildman–Crippen MR) is 83.7 cm³/mol. The van der Waals surface area contributed by atoms with Crippen molar-refractivity contribution < 1.29 is 9.53 Å². The number of rotatable bonds is 4. The Labute approximate surface area is 130 Å². The summed E-state index contributed by atoms with van der Waals surface area (Å²) in [5.41, 5.74) is 2.64. The molecule has 1 aliphatic heterocycles. The Bertz CT molecular complexity index is 678. The molecule has 0 bridgehead atoms. The third-order valence-electron chi connectivity index (χ3n) is 4.01. The average molecular weight is 299 g/mol. The molecule has 1 N–H and O–H groups in total. The molecule has 1 aromatic heterocycles. The Morgan fingerprint density at radius 2 is 2.27 bits per heavy atom. The Kier molecular flexibility index (Phi) is 4.24. The minimum atomic E-state index is -0.0297. The number of aryl methyl sites for hydroxylation is 2. The number of hydrogen-bond acceptors (Lipinski definition) is 3. The van der Waals surface area contributed by atoms with Gasteiger partial charge in [-0.1, -0.05) is 18.2 Å². The van der Waals surface area contributed by atoms with Crippen molar-refractivity contribution in [1.82, 2.24) is 14.9 Å². The minimum absolute atomic E-state index is 0.0297. The minimum Gasteiger partial charge on any atom is -0.380 e. The standard InChI is InChI=1S/C17H21N3O2/c1-12-9-20-10-14(7-8-16(20)18-12)19-17(21)15-6-4-3-5-13(15)11-22-2/h3-6,9,14H,7-8,10-11H2,1-2H3,(H,19,21)/t14-/m1/s1. The molecule has 3 rings (SSSR count). The number of carbonyl (C=O) groups is 1. The van der Waals surface area contributed by atoms with Crippen LogP contribution in [0.4, 0.5) is 0 Å². The van der Waals surface area contributed by atoms with Crippen molar-refractivity contribution >= 4 is 5.91 Å². The topological polar surface area (TPSA) is 56.1 Å². The van der Waals surface area contributed by atoms with Crippen LogP contribution >= 0.6 is 0 Å². The number of carbonyl (C=O) groups excluding carboxylic acids is 1. The third kappa shape index (κ3) is 3.04. The average Bonchev–Trinajstić information content (AvgIpc) is 2.87. The maximum absolute atomic E-state index is 12.5. The van der Waals surface area contributed by atoms with Crippen molar-refractivity contribution in [1.29, 1.82) is 0 Å². The molecule has 116 valence electrons. The highest BCUT2D eigenvalue weighted by Gasteiger charge is 2.22. The van der Waals surface area contributed by atoms with E-state index in [0.29, 0.717) is 12.2 Å². The number of ether oxygens (including phenoxy) is 1. The van der Waals surface area contributed by atoms with Crippen molar-refractivity contribution in [3.05, 3.63) is 53.1 Å². The van der Waals surface area contributed by atoms with Crippen LogP contribution < -0.4 is 5.32 Å². The first kappa shape index (κ1) is 14.8. The van der Waals surface area contributed by atoms with E-state index < -0.39 is 0 Å². The van der Waals surface area contributed by atoms with Gasteiger partial charge in [-0.2, -0.15) is 0 Å². The Hall–Kier alpha value is -2.14. The Morgan fingerprint density at radius 1 is 1.45 bits per heavy atom. The Balaban J connectivity index is 1.70. The highest BCUT2D eigenvalue weighted by molar-refractivity contribution is 5.95. The normalized spacial score (nSPS) is 17.1. The van der Waals surface area contributed by atoms with Crippen LogP contribution in [-0.2, 0) is 24.3 Å². The first-order chi connectivity index (χ1) is 10.7. The summed E-state index contributed by atoms with van der Waals surface area (Å²) in [4.78, 5) is 17.0. The monoisotopic (exact) mass is 299 g/mol. The van der Waals surface area contributed by atoms with E-state index >= 15 is 0 Å². The highest BCUT2D eigenvalue weighted by Crippen LogP contribution is 2.16. The van der Waals surface area contributed by atoms with E-state index in [1.54, 1.807) is 7.11 Å². The number of aromatic nitrogens is 2. The summed E-state index contributed by atoms with van der Waals surface area (Å²) in [5, 5.41) is 3.14. The fraction of sp³-hybridized carbons (Fsp3) is 0.412. The van der Waals surface area contributed by atoms with E-state index in [4.69, 9.17) is 4.74 Å². The van der Waals surface area contributed by atoms with Crippen molar-refractivity contribution in [3.63, 3.8) is 0 Å². The van der Waals surface area contributed by atoms with E-state index in [1.165, 1.54) is 0 Å². The van der Waals surface area contributed by atoms with Crippen LogP contribution in [0.3, 0.4) is 0 Å². The van der Waals surface area contributed by atoms with E-state index in [-0.39, 0.29) is 11.9 Å². The molecule has 2 heterocycles. The molecule has 1 amide bonds. The van der Waals surface area contributed by atoms with Gasteiger partial charge >= 0.3 is 0 Å². The summed E-state index contributed by atoms with van der Waals surface area (Å²) < 4.78 is 7.31. The van der Waals surface area contributed by atoms with E-state index in [2.05, 4.69) is 14.9 Å². The predicted octanol–water partition coefficient (Wildman–Crippen LogP) is 2.08. The highest BCUT2D eigenvalue weighted by atomic mass is 16.5. The lowest BCUT2D eigenvalue weighted by atomic mass is 10.0. The van der Waals surface area contributed by atoms with Crippen LogP contribution in [0.5, 0.6) is 0 Å². The summed E-state index contributed by atoms with van der Waals surface area (Å²) in [5.74, 6) is 1.08. The van der Waals surface area contributed by atoms with Gasteiger partial charge in [-0.3, -0.25) is 4.79 Å². The van der Waals surface area contributed by atoms with Crippen molar-refractivity contribution in [2.24, 2.45) is 0 Å². The van der Waals surface area contributed by atoms with Crippen LogP contribution in [0.25, 0.3) is 0 Å². The maximum Gasteiger partial charge on any atom is 0.251 e. The summed E-state index contributed by atoms with van der Waals surface area (Å²) >= 11 is 0. The number of nitrogens with zero attached hydrogens (tertiary/aromatic N) is 2. The quantitative estimate of drug-likeness (QED) is 0.940. The number of fused-ring (bicyclic) bond motifs is 1. The van der Waals surface area contributed by atoms with Crippen LogP contribution in [0, 0.1) is 6.92 Å². The molecule has 2 aromatic rings. The molecule has 0 saturated carbocycles. The van der Waals surface area contributed by atoms with Gasteiger partial charge in [0, 0.05) is 37.9 Å². The number of hydrogen-bond donors (Lipinski definition) is 1. The third-order valence-corrected chi connectivity index (χ3v) is 4.01. The van der Waals surface area contributed by atoms with Crippen LogP contribution in [0.2, 0.25) is 0 Å². The number of nitrogens with one attached hydrogen (secondary N) is 1. The molecule has 0 unspecified atom stereocenters. The molecule has 5 heteroatoms. The Morgan fingerprint density at radius 3 is 3.09 bits per heavy atom. The molecule has 0 aliphatic carbocycles. The molecular weight excluding hydrogens is 278 g/mol. The zero-order valence-electron chi connectivity index (χ0n) is 13.0. The summed E-state index contributed by atoms with van der Waals surface area (Å²) in [6, 6.07) is 7.72. The molecule has 1 aliphatic rings. The van der Waals surface area contributed by atoms with Gasteiger partial charge in [-0.05, 0) is 25.0 Å². The molecule has 1 atom stereocenters. The molecule has 0 spiro atoms. The van der Waals surface area contributed by atoms with Crippen molar-refractivity contribution in [3.8, 4) is 0 Å². The van der Waals surface area contributed by atoms with E-state index in [1.807, 2.05) is 37.4 Å². The van der Waals surface area contributed by atoms with Gasteiger partial charge in [0.05, 0.1) is 12.3 Å². The zero-order chi connectivity index (χ0) is 15.5. The van der Waals surface area contributed by atoms with Crippen molar-refractivity contribution in [2.75, 3.05) is 7.11 Å². The molecule has 0 radical (unpaired) electrons. The van der Waals surface area contributed by atoms with Crippen molar-refractivity contribution in [2.45, 2.75) is 39.0 Å². The zero-order valence-corrected chi connectivity index (χ0v) is 13.0. The fourth-order valence-corrected chi connectivity index (χ4v) is 2.99. The second-order valence-corrected chi connectivity index (χ2v) is 5.75. The summed E-state index contributed by atoms with van der Waals surface area (Å²) in [6.07, 6.45) is 3.87. The SMILES string of the molecule is COCc1ccccc1C(=O)N[C@@H]1CCc2nc(C)cn2C1. The number of methoxy groups -OCH3 is 1. The largest absolute Gasteiger partial charge is 0.380 e. The molecule has 5 nitrogen and oxygen atoms in total. The molecule has 0 saturated heterocycles. The number of amides is 1. The van der Waals surface area contributed by atoms with Crippen LogP contribution in [0.1, 0.15) is 33.9 Å². The van der Waals surface area contributed by atoms with E-state index in [9.17, 15) is 4.79 Å². The van der Waals surface area contributed by atoms with Gasteiger partial charge in [-0.25, -0.2) is 4.98 Å². The lowest BCUT2D eigenvalue weighted by Gasteiger charge is -2.25. The second-order valence-electron chi connectivity index (χ2n) is 5.75. The summed E-state index contributed by atoms with van der Waals surface area (Å²) in [6.45, 7) is 3.23. The first-order valence-corrected chi connectivity index (χ1v) is 7.57. The fourth-order valence-electron chi connectivity index (χ4n) is 2.99. The maximum atomic E-state index is 12.5. The van der Waals surface area contributed by atoms with Gasteiger partial charge in [0.2, 0.25) is 0 Å². The summed E-state index contributed by atoms with van der Waals surface area (Å²) in [7, 11) is 1.64. The second kappa shape index (κ2) is 6.32. The van der Waals surface area contributed by atoms with Gasteiger partial charge in [0.25, 0.3) is 5.91 Å². The van der Waals surface area contributed by atoms with Gasteiger partial charge in [-0.15, -0.1) is 0 Å². The smallest absolute Gasteiger partial charge is 0.251 e. The molecule has 22 heavy (non-hydrogen) atoms. The first-order valence-electron chi connectivity index (χ1n) is 7.57.